The molecule has 0 saturated carbocycles. The SMILES string of the molecule is CCc1c(-c2ccccc2)c(C(=O)c2ccc(C)cc2)c(-c2ccccc2)oc1=O. The normalized spacial score (nSPS) is 10.7. The second-order valence-corrected chi connectivity index (χ2v) is 7.23. The van der Waals surface area contributed by atoms with Crippen molar-refractivity contribution in [3.8, 4) is 22.5 Å². The number of hydrogen-bond acceptors (Lipinski definition) is 3. The summed E-state index contributed by atoms with van der Waals surface area (Å²) in [6.45, 7) is 3.89. The van der Waals surface area contributed by atoms with Gasteiger partial charge in [-0.2, -0.15) is 0 Å². The predicted molar refractivity (Wildman–Crippen MR) is 120 cm³/mol. The molecule has 0 bridgehead atoms. The van der Waals surface area contributed by atoms with Crippen molar-refractivity contribution in [2.24, 2.45) is 0 Å². The largest absolute Gasteiger partial charge is 0.422 e. The zero-order valence-electron chi connectivity index (χ0n) is 17.0. The third kappa shape index (κ3) is 3.62. The quantitative estimate of drug-likeness (QED) is 0.386. The molecule has 0 saturated heterocycles. The molecule has 148 valence electrons. The molecule has 0 N–H and O–H groups in total. The molecule has 30 heavy (non-hydrogen) atoms. The van der Waals surface area contributed by atoms with Crippen LogP contribution >= 0.6 is 0 Å². The summed E-state index contributed by atoms with van der Waals surface area (Å²) in [4.78, 5) is 26.7. The first-order valence-corrected chi connectivity index (χ1v) is 10.0. The van der Waals surface area contributed by atoms with Gasteiger partial charge in [0, 0.05) is 22.3 Å². The van der Waals surface area contributed by atoms with Crippen molar-refractivity contribution in [2.45, 2.75) is 20.3 Å². The molecule has 1 heterocycles. The molecule has 0 amide bonds. The maximum atomic E-state index is 13.8. The van der Waals surface area contributed by atoms with Crippen LogP contribution in [0.25, 0.3) is 22.5 Å². The highest BCUT2D eigenvalue weighted by Crippen LogP contribution is 2.35. The van der Waals surface area contributed by atoms with E-state index in [1.165, 1.54) is 0 Å². The highest BCUT2D eigenvalue weighted by Gasteiger charge is 2.26. The van der Waals surface area contributed by atoms with Gasteiger partial charge in [0.2, 0.25) is 0 Å². The summed E-state index contributed by atoms with van der Waals surface area (Å²) in [7, 11) is 0. The smallest absolute Gasteiger partial charge is 0.340 e. The first-order chi connectivity index (χ1) is 14.6. The van der Waals surface area contributed by atoms with Gasteiger partial charge < -0.3 is 4.42 Å². The molecule has 4 aromatic rings. The van der Waals surface area contributed by atoms with E-state index in [4.69, 9.17) is 4.42 Å². The van der Waals surface area contributed by atoms with E-state index >= 15 is 0 Å². The van der Waals surface area contributed by atoms with Crippen molar-refractivity contribution in [3.05, 3.63) is 118 Å². The first-order valence-electron chi connectivity index (χ1n) is 10.0. The van der Waals surface area contributed by atoms with E-state index in [1.54, 1.807) is 0 Å². The fourth-order valence-electron chi connectivity index (χ4n) is 3.68. The van der Waals surface area contributed by atoms with Crippen molar-refractivity contribution >= 4 is 5.78 Å². The number of hydrogen-bond donors (Lipinski definition) is 0. The van der Waals surface area contributed by atoms with Gasteiger partial charge >= 0.3 is 5.63 Å². The van der Waals surface area contributed by atoms with Crippen LogP contribution in [0.1, 0.15) is 34.0 Å². The van der Waals surface area contributed by atoms with Crippen LogP contribution in [0.4, 0.5) is 0 Å². The summed E-state index contributed by atoms with van der Waals surface area (Å²) in [5.74, 6) is 0.147. The van der Waals surface area contributed by atoms with E-state index in [-0.39, 0.29) is 5.78 Å². The molecular weight excluding hydrogens is 372 g/mol. The second kappa shape index (κ2) is 8.34. The summed E-state index contributed by atoms with van der Waals surface area (Å²) in [6, 6.07) is 26.4. The average Bonchev–Trinajstić information content (AvgIpc) is 2.79. The van der Waals surface area contributed by atoms with E-state index in [0.717, 1.165) is 11.1 Å². The number of benzene rings is 3. The standard InChI is InChI=1S/C27H22O3/c1-3-22-23(19-10-6-4-7-11-19)24(25(28)20-16-14-18(2)15-17-20)26(30-27(22)29)21-12-8-5-9-13-21/h4-17H,3H2,1-2H3. The molecule has 0 fully saturated rings. The summed E-state index contributed by atoms with van der Waals surface area (Å²) in [5.41, 5.74) is 4.34. The lowest BCUT2D eigenvalue weighted by atomic mass is 9.88. The van der Waals surface area contributed by atoms with Crippen LogP contribution < -0.4 is 5.63 Å². The molecule has 0 radical (unpaired) electrons. The zero-order chi connectivity index (χ0) is 21.1. The topological polar surface area (TPSA) is 47.3 Å². The predicted octanol–water partition coefficient (Wildman–Crippen LogP) is 6.08. The van der Waals surface area contributed by atoms with Crippen LogP contribution in [0.15, 0.2) is 94.1 Å². The molecule has 0 unspecified atom stereocenters. The Morgan fingerprint density at radius 2 is 1.37 bits per heavy atom. The van der Waals surface area contributed by atoms with Crippen molar-refractivity contribution < 1.29 is 9.21 Å². The Labute approximate surface area is 175 Å². The summed E-state index contributed by atoms with van der Waals surface area (Å²) >= 11 is 0. The van der Waals surface area contributed by atoms with Gasteiger partial charge in [0.25, 0.3) is 0 Å². The van der Waals surface area contributed by atoms with Gasteiger partial charge in [-0.1, -0.05) is 97.4 Å². The maximum absolute atomic E-state index is 13.8. The van der Waals surface area contributed by atoms with Crippen LogP contribution in [0.5, 0.6) is 0 Å². The third-order valence-electron chi connectivity index (χ3n) is 5.21. The molecule has 3 aromatic carbocycles. The summed E-state index contributed by atoms with van der Waals surface area (Å²) in [6.07, 6.45) is 0.468. The van der Waals surface area contributed by atoms with E-state index in [1.807, 2.05) is 98.8 Å². The zero-order valence-corrected chi connectivity index (χ0v) is 17.0. The van der Waals surface area contributed by atoms with Gasteiger partial charge in [-0.3, -0.25) is 4.79 Å². The highest BCUT2D eigenvalue weighted by atomic mass is 16.4. The Kier molecular flexibility index (Phi) is 5.44. The minimum atomic E-state index is -0.407. The number of carbonyl (C=O) groups is 1. The van der Waals surface area contributed by atoms with Crippen molar-refractivity contribution in [2.75, 3.05) is 0 Å². The monoisotopic (exact) mass is 394 g/mol. The summed E-state index contributed by atoms with van der Waals surface area (Å²) < 4.78 is 5.77. The third-order valence-corrected chi connectivity index (χ3v) is 5.21. The molecule has 0 aliphatic heterocycles. The molecule has 4 rings (SSSR count). The van der Waals surface area contributed by atoms with Gasteiger partial charge in [0.1, 0.15) is 5.76 Å². The second-order valence-electron chi connectivity index (χ2n) is 7.23. The first kappa shape index (κ1) is 19.6. The van der Waals surface area contributed by atoms with Crippen LogP contribution in [0, 0.1) is 6.92 Å². The fraction of sp³-hybridized carbons (Fsp3) is 0.111. The molecule has 0 aliphatic rings. The Bertz CT molecular complexity index is 1240. The Morgan fingerprint density at radius 1 is 0.800 bits per heavy atom. The number of rotatable bonds is 5. The molecule has 0 atom stereocenters. The van der Waals surface area contributed by atoms with Gasteiger partial charge in [0.15, 0.2) is 5.78 Å². The molecule has 3 nitrogen and oxygen atoms in total. The van der Waals surface area contributed by atoms with Crippen LogP contribution in [0.2, 0.25) is 0 Å². The lowest BCUT2D eigenvalue weighted by molar-refractivity contribution is 0.103. The van der Waals surface area contributed by atoms with E-state index in [0.29, 0.717) is 40.0 Å². The Hall–Kier alpha value is -3.72. The lowest BCUT2D eigenvalue weighted by Gasteiger charge is -2.16. The van der Waals surface area contributed by atoms with Crippen LogP contribution in [-0.4, -0.2) is 5.78 Å². The van der Waals surface area contributed by atoms with Crippen molar-refractivity contribution in [1.29, 1.82) is 0 Å². The Morgan fingerprint density at radius 3 is 1.93 bits per heavy atom. The van der Waals surface area contributed by atoms with Gasteiger partial charge in [-0.25, -0.2) is 4.79 Å². The van der Waals surface area contributed by atoms with Gasteiger partial charge in [0.05, 0.1) is 5.56 Å². The van der Waals surface area contributed by atoms with Crippen molar-refractivity contribution in [3.63, 3.8) is 0 Å². The van der Waals surface area contributed by atoms with Crippen LogP contribution in [0.3, 0.4) is 0 Å². The minimum Gasteiger partial charge on any atom is -0.422 e. The van der Waals surface area contributed by atoms with Crippen LogP contribution in [-0.2, 0) is 6.42 Å². The van der Waals surface area contributed by atoms with E-state index in [2.05, 4.69) is 0 Å². The lowest BCUT2D eigenvalue weighted by Crippen LogP contribution is -2.16. The van der Waals surface area contributed by atoms with Gasteiger partial charge in [-0.15, -0.1) is 0 Å². The fourth-order valence-corrected chi connectivity index (χ4v) is 3.68. The van der Waals surface area contributed by atoms with Crippen molar-refractivity contribution in [1.82, 2.24) is 0 Å². The number of aryl methyl sites for hydroxylation is 1. The summed E-state index contributed by atoms with van der Waals surface area (Å²) in [5, 5.41) is 0. The minimum absolute atomic E-state index is 0.161. The van der Waals surface area contributed by atoms with E-state index in [9.17, 15) is 9.59 Å². The molecular formula is C27H22O3. The average molecular weight is 394 g/mol. The molecule has 1 aromatic heterocycles. The highest BCUT2D eigenvalue weighted by molar-refractivity contribution is 6.16. The number of ketones is 1. The van der Waals surface area contributed by atoms with E-state index < -0.39 is 5.63 Å². The molecule has 0 spiro atoms. The van der Waals surface area contributed by atoms with Gasteiger partial charge in [-0.05, 0) is 18.9 Å². The molecule has 0 aliphatic carbocycles. The Balaban J connectivity index is 2.10. The molecule has 3 heteroatoms. The maximum Gasteiger partial charge on any atom is 0.340 e. The number of carbonyl (C=O) groups excluding carboxylic acids is 1.